The fourth-order valence-corrected chi connectivity index (χ4v) is 2.35. The highest BCUT2D eigenvalue weighted by atomic mass is 32.2. The van der Waals surface area contributed by atoms with Crippen LogP contribution in [0.2, 0.25) is 0 Å². The normalized spacial score (nSPS) is 13.2. The number of aliphatic hydroxyl groups excluding tert-OH is 1. The van der Waals surface area contributed by atoms with Crippen LogP contribution < -0.4 is 5.73 Å². The lowest BCUT2D eigenvalue weighted by Crippen LogP contribution is -2.26. The molecule has 1 aromatic rings. The zero-order chi connectivity index (χ0) is 8.97. The molecular formula is C6H11N3OS2. The van der Waals surface area contributed by atoms with Crippen LogP contribution >= 0.6 is 23.1 Å². The van der Waals surface area contributed by atoms with Gasteiger partial charge in [0.15, 0.2) is 4.34 Å². The maximum Gasteiger partial charge on any atom is 0.174 e. The van der Waals surface area contributed by atoms with Crippen molar-refractivity contribution in [1.82, 2.24) is 10.2 Å². The molecule has 0 saturated carbocycles. The molecule has 3 N–H and O–H groups in total. The molecule has 0 fully saturated rings. The smallest absolute Gasteiger partial charge is 0.174 e. The highest BCUT2D eigenvalue weighted by Gasteiger charge is 2.04. The number of hydrogen-bond acceptors (Lipinski definition) is 6. The SMILES string of the molecule is Cc1nnc(SCC(N)CO)s1. The fraction of sp³-hybridized carbons (Fsp3) is 0.667. The Bertz CT molecular complexity index is 240. The minimum Gasteiger partial charge on any atom is -0.395 e. The molecule has 0 saturated heterocycles. The van der Waals surface area contributed by atoms with Crippen LogP contribution in [-0.4, -0.2) is 33.7 Å². The highest BCUT2D eigenvalue weighted by Crippen LogP contribution is 2.21. The van der Waals surface area contributed by atoms with Gasteiger partial charge in [0.1, 0.15) is 5.01 Å². The largest absolute Gasteiger partial charge is 0.395 e. The van der Waals surface area contributed by atoms with E-state index in [1.54, 1.807) is 11.3 Å². The molecule has 0 aliphatic rings. The Morgan fingerprint density at radius 2 is 2.42 bits per heavy atom. The Morgan fingerprint density at radius 1 is 1.67 bits per heavy atom. The predicted molar refractivity (Wildman–Crippen MR) is 50.4 cm³/mol. The molecule has 12 heavy (non-hydrogen) atoms. The van der Waals surface area contributed by atoms with E-state index < -0.39 is 0 Å². The van der Waals surface area contributed by atoms with Crippen LogP contribution in [0.1, 0.15) is 5.01 Å². The lowest BCUT2D eigenvalue weighted by Gasteiger charge is -2.03. The van der Waals surface area contributed by atoms with E-state index in [0.717, 1.165) is 9.35 Å². The molecule has 0 bridgehead atoms. The van der Waals surface area contributed by atoms with Gasteiger partial charge in [-0.15, -0.1) is 10.2 Å². The van der Waals surface area contributed by atoms with Crippen LogP contribution in [0.15, 0.2) is 4.34 Å². The van der Waals surface area contributed by atoms with Crippen molar-refractivity contribution < 1.29 is 5.11 Å². The predicted octanol–water partition coefficient (Wildman–Crippen LogP) is 0.258. The van der Waals surface area contributed by atoms with Crippen LogP contribution in [0.25, 0.3) is 0 Å². The van der Waals surface area contributed by atoms with E-state index in [4.69, 9.17) is 10.8 Å². The third-order valence-electron chi connectivity index (χ3n) is 1.16. The van der Waals surface area contributed by atoms with E-state index in [0.29, 0.717) is 5.75 Å². The van der Waals surface area contributed by atoms with Crippen LogP contribution in [0.4, 0.5) is 0 Å². The van der Waals surface area contributed by atoms with Crippen LogP contribution in [0.3, 0.4) is 0 Å². The molecule has 0 aliphatic heterocycles. The van der Waals surface area contributed by atoms with Gasteiger partial charge in [0.05, 0.1) is 6.61 Å². The summed E-state index contributed by atoms with van der Waals surface area (Å²) < 4.78 is 0.913. The number of aliphatic hydroxyl groups is 1. The quantitative estimate of drug-likeness (QED) is 0.690. The molecule has 1 atom stereocenters. The van der Waals surface area contributed by atoms with E-state index in [1.165, 1.54) is 11.8 Å². The van der Waals surface area contributed by atoms with Crippen molar-refractivity contribution in [2.75, 3.05) is 12.4 Å². The fourth-order valence-electron chi connectivity index (χ4n) is 0.568. The number of nitrogens with two attached hydrogens (primary N) is 1. The Kier molecular flexibility index (Phi) is 3.93. The minimum atomic E-state index is -0.167. The Labute approximate surface area is 79.2 Å². The molecule has 0 amide bonds. The molecule has 0 radical (unpaired) electrons. The van der Waals surface area contributed by atoms with Crippen molar-refractivity contribution >= 4 is 23.1 Å². The van der Waals surface area contributed by atoms with Gasteiger partial charge in [-0.1, -0.05) is 23.1 Å². The highest BCUT2D eigenvalue weighted by molar-refractivity contribution is 8.01. The summed E-state index contributed by atoms with van der Waals surface area (Å²) >= 11 is 3.08. The summed E-state index contributed by atoms with van der Waals surface area (Å²) in [5.74, 6) is 0.686. The summed E-state index contributed by atoms with van der Waals surface area (Å²) in [6.07, 6.45) is 0. The van der Waals surface area contributed by atoms with Crippen molar-refractivity contribution in [2.45, 2.75) is 17.3 Å². The van der Waals surface area contributed by atoms with Crippen LogP contribution in [0.5, 0.6) is 0 Å². The standard InChI is InChI=1S/C6H11N3OS2/c1-4-8-9-6(12-4)11-3-5(7)2-10/h5,10H,2-3,7H2,1H3. The lowest BCUT2D eigenvalue weighted by atomic mass is 10.4. The van der Waals surface area contributed by atoms with Gasteiger partial charge < -0.3 is 10.8 Å². The molecule has 68 valence electrons. The number of aromatic nitrogens is 2. The van der Waals surface area contributed by atoms with Crippen LogP contribution in [-0.2, 0) is 0 Å². The Balaban J connectivity index is 2.33. The summed E-state index contributed by atoms with van der Waals surface area (Å²) in [5.41, 5.74) is 5.51. The first-order valence-corrected chi connectivity index (χ1v) is 5.32. The zero-order valence-corrected chi connectivity index (χ0v) is 8.36. The maximum absolute atomic E-state index is 8.65. The Morgan fingerprint density at radius 3 is 2.92 bits per heavy atom. The van der Waals surface area contributed by atoms with E-state index >= 15 is 0 Å². The first-order chi connectivity index (χ1) is 5.72. The molecule has 1 aromatic heterocycles. The molecule has 1 rings (SSSR count). The molecule has 0 aliphatic carbocycles. The van der Waals surface area contributed by atoms with E-state index in [-0.39, 0.29) is 12.6 Å². The number of rotatable bonds is 4. The summed E-state index contributed by atoms with van der Waals surface area (Å²) in [6.45, 7) is 1.93. The third kappa shape index (κ3) is 3.06. The number of nitrogens with zero attached hydrogens (tertiary/aromatic N) is 2. The van der Waals surface area contributed by atoms with Gasteiger partial charge in [0, 0.05) is 11.8 Å². The van der Waals surface area contributed by atoms with Crippen molar-refractivity contribution in [3.63, 3.8) is 0 Å². The second-order valence-corrected chi connectivity index (χ2v) is 4.79. The van der Waals surface area contributed by atoms with Gasteiger partial charge in [-0.3, -0.25) is 0 Å². The molecular weight excluding hydrogens is 194 g/mol. The number of hydrogen-bond donors (Lipinski definition) is 2. The molecule has 0 spiro atoms. The molecule has 1 heterocycles. The first kappa shape index (κ1) is 9.91. The number of thioether (sulfide) groups is 1. The monoisotopic (exact) mass is 205 g/mol. The van der Waals surface area contributed by atoms with Gasteiger partial charge in [-0.05, 0) is 6.92 Å². The van der Waals surface area contributed by atoms with Crippen molar-refractivity contribution in [3.8, 4) is 0 Å². The summed E-state index contributed by atoms with van der Waals surface area (Å²) in [4.78, 5) is 0. The minimum absolute atomic E-state index is 0.0186. The number of aryl methyl sites for hydroxylation is 1. The van der Waals surface area contributed by atoms with Gasteiger partial charge in [0.25, 0.3) is 0 Å². The maximum atomic E-state index is 8.65. The van der Waals surface area contributed by atoms with Crippen LogP contribution in [0, 0.1) is 6.92 Å². The van der Waals surface area contributed by atoms with Crippen molar-refractivity contribution in [2.24, 2.45) is 5.73 Å². The summed E-state index contributed by atoms with van der Waals surface area (Å²) in [5, 5.41) is 17.4. The van der Waals surface area contributed by atoms with Crippen molar-refractivity contribution in [1.29, 1.82) is 0 Å². The van der Waals surface area contributed by atoms with Crippen molar-refractivity contribution in [3.05, 3.63) is 5.01 Å². The molecule has 1 unspecified atom stereocenters. The van der Waals surface area contributed by atoms with E-state index in [1.807, 2.05) is 6.92 Å². The van der Waals surface area contributed by atoms with Gasteiger partial charge in [-0.2, -0.15) is 0 Å². The molecule has 0 aromatic carbocycles. The molecule has 6 heteroatoms. The summed E-state index contributed by atoms with van der Waals surface area (Å²) in [7, 11) is 0. The third-order valence-corrected chi connectivity index (χ3v) is 3.32. The summed E-state index contributed by atoms with van der Waals surface area (Å²) in [6, 6.07) is -0.167. The van der Waals surface area contributed by atoms with Gasteiger partial charge >= 0.3 is 0 Å². The first-order valence-electron chi connectivity index (χ1n) is 3.51. The molecule has 4 nitrogen and oxygen atoms in total. The topological polar surface area (TPSA) is 72.0 Å². The van der Waals surface area contributed by atoms with E-state index in [9.17, 15) is 0 Å². The second-order valence-electron chi connectivity index (χ2n) is 2.34. The van der Waals surface area contributed by atoms with Gasteiger partial charge in [-0.25, -0.2) is 0 Å². The second kappa shape index (κ2) is 4.76. The van der Waals surface area contributed by atoms with E-state index in [2.05, 4.69) is 10.2 Å². The zero-order valence-electron chi connectivity index (χ0n) is 6.73. The lowest BCUT2D eigenvalue weighted by molar-refractivity contribution is 0.275. The average molecular weight is 205 g/mol. The Hall–Kier alpha value is -0.170. The van der Waals surface area contributed by atoms with Gasteiger partial charge in [0.2, 0.25) is 0 Å². The average Bonchev–Trinajstić information content (AvgIpc) is 2.47.